The minimum Gasteiger partial charge on any atom is -0.535 e. The van der Waals surface area contributed by atoms with Gasteiger partial charge in [-0.15, -0.1) is 0 Å². The molecule has 0 aliphatic rings. The summed E-state index contributed by atoms with van der Waals surface area (Å²) in [6, 6.07) is 32.8. The smallest absolute Gasteiger partial charge is 0.314 e. The van der Waals surface area contributed by atoms with Gasteiger partial charge in [0.1, 0.15) is 5.75 Å². The van der Waals surface area contributed by atoms with Gasteiger partial charge in [0.05, 0.1) is 0 Å². The summed E-state index contributed by atoms with van der Waals surface area (Å²) in [6.07, 6.45) is 1.10. The third-order valence-corrected chi connectivity index (χ3v) is 8.44. The van der Waals surface area contributed by atoms with Crippen molar-refractivity contribution < 1.29 is 4.43 Å². The van der Waals surface area contributed by atoms with Crippen LogP contribution in [0, 0.1) is 0 Å². The van der Waals surface area contributed by atoms with Crippen molar-refractivity contribution in [2.24, 2.45) is 0 Å². The molecule has 0 fully saturated rings. The van der Waals surface area contributed by atoms with Gasteiger partial charge in [-0.05, 0) is 28.6 Å². The van der Waals surface area contributed by atoms with Gasteiger partial charge in [0.15, 0.2) is 0 Å². The maximum absolute atomic E-state index is 6.75. The first kappa shape index (κ1) is 15.6. The molecule has 0 aromatic heterocycles. The Kier molecular flexibility index (Phi) is 4.94. The van der Waals surface area contributed by atoms with Crippen LogP contribution in [0.5, 0.6) is 5.75 Å². The van der Waals surface area contributed by atoms with Crippen molar-refractivity contribution in [1.29, 1.82) is 0 Å². The zero-order valence-corrected chi connectivity index (χ0v) is 14.5. The SMILES string of the molecule is CCC[Si](Oc1ccccc1)(c1ccccc1)c1ccccc1. The molecular formula is C21H22OSi. The molecule has 0 spiro atoms. The molecule has 116 valence electrons. The monoisotopic (exact) mass is 318 g/mol. The van der Waals surface area contributed by atoms with E-state index in [1.165, 1.54) is 10.4 Å². The van der Waals surface area contributed by atoms with Crippen LogP contribution in [0.2, 0.25) is 6.04 Å². The Morgan fingerprint density at radius 2 is 1.09 bits per heavy atom. The Hall–Kier alpha value is -2.32. The van der Waals surface area contributed by atoms with Crippen molar-refractivity contribution >= 4 is 18.7 Å². The Balaban J connectivity index is 2.14. The second-order valence-corrected chi connectivity index (χ2v) is 9.24. The van der Waals surface area contributed by atoms with E-state index in [1.54, 1.807) is 0 Å². The van der Waals surface area contributed by atoms with Gasteiger partial charge in [-0.1, -0.05) is 92.2 Å². The molecule has 3 aromatic rings. The Morgan fingerprint density at radius 3 is 1.52 bits per heavy atom. The third kappa shape index (κ3) is 3.38. The summed E-state index contributed by atoms with van der Waals surface area (Å²) in [5, 5.41) is 2.66. The fraction of sp³-hybridized carbons (Fsp3) is 0.143. The van der Waals surface area contributed by atoms with Crippen molar-refractivity contribution in [3.05, 3.63) is 91.0 Å². The predicted octanol–water partition coefficient (Wildman–Crippen LogP) is 4.24. The van der Waals surface area contributed by atoms with E-state index in [0.29, 0.717) is 0 Å². The zero-order valence-electron chi connectivity index (χ0n) is 13.5. The van der Waals surface area contributed by atoms with E-state index in [9.17, 15) is 0 Å². The Bertz CT molecular complexity index is 671. The summed E-state index contributed by atoms with van der Waals surface area (Å²) >= 11 is 0. The Morgan fingerprint density at radius 1 is 0.652 bits per heavy atom. The average Bonchev–Trinajstić information content (AvgIpc) is 2.64. The van der Waals surface area contributed by atoms with Crippen molar-refractivity contribution in [3.63, 3.8) is 0 Å². The van der Waals surface area contributed by atoms with E-state index in [1.807, 2.05) is 18.2 Å². The summed E-state index contributed by atoms with van der Waals surface area (Å²) in [6.45, 7) is 2.24. The molecule has 0 aliphatic carbocycles. The fourth-order valence-corrected chi connectivity index (χ4v) is 7.03. The molecule has 0 aliphatic heterocycles. The molecular weight excluding hydrogens is 296 g/mol. The Labute approximate surface area is 139 Å². The van der Waals surface area contributed by atoms with E-state index in [4.69, 9.17) is 4.43 Å². The molecule has 2 heteroatoms. The second-order valence-electron chi connectivity index (χ2n) is 5.72. The summed E-state index contributed by atoms with van der Waals surface area (Å²) in [7, 11) is -2.29. The van der Waals surface area contributed by atoms with Gasteiger partial charge in [0, 0.05) is 0 Å². The fourth-order valence-electron chi connectivity index (χ4n) is 3.08. The molecule has 0 atom stereocenters. The highest BCUT2D eigenvalue weighted by molar-refractivity contribution is 6.98. The van der Waals surface area contributed by atoms with Crippen LogP contribution < -0.4 is 14.8 Å². The first-order chi connectivity index (χ1) is 11.3. The van der Waals surface area contributed by atoms with Gasteiger partial charge in [-0.3, -0.25) is 0 Å². The quantitative estimate of drug-likeness (QED) is 0.618. The molecule has 3 aromatic carbocycles. The molecule has 1 nitrogen and oxygen atoms in total. The molecule has 3 rings (SSSR count). The molecule has 0 heterocycles. The van der Waals surface area contributed by atoms with E-state index in [-0.39, 0.29) is 0 Å². The van der Waals surface area contributed by atoms with Gasteiger partial charge in [-0.2, -0.15) is 0 Å². The lowest BCUT2D eigenvalue weighted by Crippen LogP contribution is -2.63. The number of hydrogen-bond donors (Lipinski definition) is 0. The van der Waals surface area contributed by atoms with Gasteiger partial charge < -0.3 is 4.43 Å². The number of rotatable bonds is 6. The molecule has 0 saturated carbocycles. The van der Waals surface area contributed by atoms with Gasteiger partial charge in [0.2, 0.25) is 0 Å². The molecule has 0 N–H and O–H groups in total. The van der Waals surface area contributed by atoms with Crippen molar-refractivity contribution in [3.8, 4) is 5.75 Å². The summed E-state index contributed by atoms with van der Waals surface area (Å²) in [5.41, 5.74) is 0. The van der Waals surface area contributed by atoms with Crippen LogP contribution in [0.4, 0.5) is 0 Å². The number of para-hydroxylation sites is 1. The summed E-state index contributed by atoms with van der Waals surface area (Å²) in [4.78, 5) is 0. The normalized spacial score (nSPS) is 11.2. The van der Waals surface area contributed by atoms with Gasteiger partial charge in [-0.25, -0.2) is 0 Å². The third-order valence-electron chi connectivity index (χ3n) is 4.12. The lowest BCUT2D eigenvalue weighted by Gasteiger charge is -2.33. The van der Waals surface area contributed by atoms with Crippen molar-refractivity contribution in [2.45, 2.75) is 19.4 Å². The lowest BCUT2D eigenvalue weighted by atomic mass is 10.3. The van der Waals surface area contributed by atoms with E-state index in [2.05, 4.69) is 79.7 Å². The van der Waals surface area contributed by atoms with E-state index in [0.717, 1.165) is 18.2 Å². The van der Waals surface area contributed by atoms with Crippen LogP contribution in [0.1, 0.15) is 13.3 Å². The molecule has 0 amide bonds. The standard InChI is InChI=1S/C21H22OSi/c1-2-18-23(20-14-8-4-9-15-20,21-16-10-5-11-17-21)22-19-12-6-3-7-13-19/h3-17H,2,18H2,1H3. The topological polar surface area (TPSA) is 9.23 Å². The van der Waals surface area contributed by atoms with Crippen LogP contribution in [0.25, 0.3) is 0 Å². The largest absolute Gasteiger partial charge is 0.535 e. The number of benzene rings is 3. The van der Waals surface area contributed by atoms with Gasteiger partial charge >= 0.3 is 8.32 Å². The molecule has 23 heavy (non-hydrogen) atoms. The average molecular weight is 318 g/mol. The predicted molar refractivity (Wildman–Crippen MR) is 100 cm³/mol. The van der Waals surface area contributed by atoms with E-state index < -0.39 is 8.32 Å². The molecule has 0 unspecified atom stereocenters. The number of hydrogen-bond acceptors (Lipinski definition) is 1. The maximum Gasteiger partial charge on any atom is 0.314 e. The molecule has 0 bridgehead atoms. The highest BCUT2D eigenvalue weighted by Gasteiger charge is 2.40. The van der Waals surface area contributed by atoms with Crippen LogP contribution in [-0.4, -0.2) is 8.32 Å². The van der Waals surface area contributed by atoms with Crippen LogP contribution >= 0.6 is 0 Å². The second kappa shape index (κ2) is 7.29. The van der Waals surface area contributed by atoms with Crippen molar-refractivity contribution in [1.82, 2.24) is 0 Å². The molecule has 0 radical (unpaired) electrons. The summed E-state index contributed by atoms with van der Waals surface area (Å²) in [5.74, 6) is 0.959. The summed E-state index contributed by atoms with van der Waals surface area (Å²) < 4.78 is 6.75. The first-order valence-electron chi connectivity index (χ1n) is 8.20. The minimum atomic E-state index is -2.29. The van der Waals surface area contributed by atoms with Gasteiger partial charge in [0.25, 0.3) is 0 Å². The molecule has 0 saturated heterocycles. The highest BCUT2D eigenvalue weighted by atomic mass is 28.4. The first-order valence-corrected chi connectivity index (χ1v) is 10.3. The maximum atomic E-state index is 6.75. The van der Waals surface area contributed by atoms with Crippen LogP contribution in [-0.2, 0) is 0 Å². The van der Waals surface area contributed by atoms with Crippen LogP contribution in [0.3, 0.4) is 0 Å². The zero-order chi connectivity index (χ0) is 16.0. The van der Waals surface area contributed by atoms with Crippen molar-refractivity contribution in [2.75, 3.05) is 0 Å². The minimum absolute atomic E-state index is 0.959. The lowest BCUT2D eigenvalue weighted by molar-refractivity contribution is 0.559. The van der Waals surface area contributed by atoms with E-state index >= 15 is 0 Å². The highest BCUT2D eigenvalue weighted by Crippen LogP contribution is 2.20. The van der Waals surface area contributed by atoms with Crippen LogP contribution in [0.15, 0.2) is 91.0 Å².